The van der Waals surface area contributed by atoms with E-state index in [1.54, 1.807) is 36.7 Å². The number of benzene rings is 2. The number of carbonyl (C=O) groups excluding carboxylic acids is 3. The number of aryl methyl sites for hydroxylation is 1. The Morgan fingerprint density at radius 2 is 1.55 bits per heavy atom. The second-order valence-electron chi connectivity index (χ2n) is 7.48. The maximum Gasteiger partial charge on any atom is 0.335 e. The lowest BCUT2D eigenvalue weighted by Crippen LogP contribution is -2.65. The van der Waals surface area contributed by atoms with Crippen molar-refractivity contribution in [2.45, 2.75) is 19.3 Å². The highest BCUT2D eigenvalue weighted by Crippen LogP contribution is 2.36. The van der Waals surface area contributed by atoms with E-state index >= 15 is 0 Å². The molecule has 0 bridgehead atoms. The van der Waals surface area contributed by atoms with Gasteiger partial charge in [-0.05, 0) is 66.8 Å². The molecule has 0 saturated carbocycles. The highest BCUT2D eigenvalue weighted by Gasteiger charge is 2.53. The Morgan fingerprint density at radius 3 is 2.23 bits per heavy atom. The van der Waals surface area contributed by atoms with Gasteiger partial charge >= 0.3 is 6.03 Å². The van der Waals surface area contributed by atoms with E-state index in [0.717, 1.165) is 20.5 Å². The summed E-state index contributed by atoms with van der Waals surface area (Å²) in [5.74, 6) is -1.07. The highest BCUT2D eigenvalue weighted by molar-refractivity contribution is 9.10. The summed E-state index contributed by atoms with van der Waals surface area (Å²) < 4.78 is 0.824. The lowest BCUT2D eigenvalue weighted by atomic mass is 9.73. The third-order valence-electron chi connectivity index (χ3n) is 5.49. The number of carbonyl (C=O) groups is 3. The fourth-order valence-electron chi connectivity index (χ4n) is 3.82. The first-order valence-electron chi connectivity index (χ1n) is 9.88. The van der Waals surface area contributed by atoms with Crippen molar-refractivity contribution < 1.29 is 14.4 Å². The average molecular weight is 478 g/mol. The van der Waals surface area contributed by atoms with Crippen LogP contribution in [0.25, 0.3) is 0 Å². The monoisotopic (exact) mass is 477 g/mol. The highest BCUT2D eigenvalue weighted by atomic mass is 79.9. The van der Waals surface area contributed by atoms with E-state index in [4.69, 9.17) is 0 Å². The Kier molecular flexibility index (Phi) is 5.95. The molecule has 1 aliphatic rings. The largest absolute Gasteiger partial charge is 0.335 e. The molecule has 1 N–H and O–H groups in total. The number of halogens is 1. The molecule has 1 aromatic heterocycles. The van der Waals surface area contributed by atoms with E-state index in [9.17, 15) is 14.4 Å². The first kappa shape index (κ1) is 20.9. The van der Waals surface area contributed by atoms with E-state index in [2.05, 4.69) is 26.2 Å². The molecule has 3 aromatic rings. The molecule has 4 amide bonds. The van der Waals surface area contributed by atoms with Gasteiger partial charge in [0.25, 0.3) is 5.91 Å². The molecule has 2 heterocycles. The fraction of sp³-hybridized carbons (Fsp3) is 0.167. The van der Waals surface area contributed by atoms with E-state index in [1.165, 1.54) is 0 Å². The molecule has 7 heteroatoms. The minimum absolute atomic E-state index is 0.198. The molecule has 2 aromatic carbocycles. The lowest BCUT2D eigenvalue weighted by Gasteiger charge is -2.39. The second kappa shape index (κ2) is 8.81. The maximum absolute atomic E-state index is 13.8. The van der Waals surface area contributed by atoms with Crippen LogP contribution in [0.2, 0.25) is 0 Å². The predicted molar refractivity (Wildman–Crippen MR) is 120 cm³/mol. The molecule has 4 rings (SSSR count). The smallest absolute Gasteiger partial charge is 0.276 e. The molecule has 0 radical (unpaired) electrons. The normalized spacial score (nSPS) is 18.7. The van der Waals surface area contributed by atoms with Gasteiger partial charge < -0.3 is 0 Å². The third kappa shape index (κ3) is 4.27. The van der Waals surface area contributed by atoms with Gasteiger partial charge in [-0.2, -0.15) is 0 Å². The van der Waals surface area contributed by atoms with Crippen LogP contribution in [0.3, 0.4) is 0 Å². The van der Waals surface area contributed by atoms with Crippen molar-refractivity contribution in [2.24, 2.45) is 5.41 Å². The number of pyridine rings is 1. The van der Waals surface area contributed by atoms with Crippen LogP contribution in [-0.4, -0.2) is 22.8 Å². The van der Waals surface area contributed by atoms with Crippen LogP contribution in [-0.2, 0) is 22.4 Å². The van der Waals surface area contributed by atoms with Crippen molar-refractivity contribution in [1.82, 2.24) is 10.3 Å². The molecule has 156 valence electrons. The van der Waals surface area contributed by atoms with Crippen molar-refractivity contribution in [2.75, 3.05) is 4.90 Å². The number of barbiturate groups is 1. The number of hydrogen-bond donors (Lipinski definition) is 1. The Bertz CT molecular complexity index is 1100. The topological polar surface area (TPSA) is 79.4 Å². The summed E-state index contributed by atoms with van der Waals surface area (Å²) in [6.45, 7) is 0. The van der Waals surface area contributed by atoms with Crippen LogP contribution < -0.4 is 10.2 Å². The Morgan fingerprint density at radius 1 is 0.871 bits per heavy atom. The van der Waals surface area contributed by atoms with Crippen molar-refractivity contribution in [3.8, 4) is 0 Å². The summed E-state index contributed by atoms with van der Waals surface area (Å²) >= 11 is 3.36. The summed E-state index contributed by atoms with van der Waals surface area (Å²) in [6.07, 6.45) is 4.32. The van der Waals surface area contributed by atoms with Crippen LogP contribution in [0.5, 0.6) is 0 Å². The lowest BCUT2D eigenvalue weighted by molar-refractivity contribution is -0.143. The van der Waals surface area contributed by atoms with Gasteiger partial charge in [0.15, 0.2) is 0 Å². The van der Waals surface area contributed by atoms with Crippen LogP contribution in [0.1, 0.15) is 17.5 Å². The van der Waals surface area contributed by atoms with Gasteiger partial charge in [-0.1, -0.05) is 46.3 Å². The fourth-order valence-corrected chi connectivity index (χ4v) is 4.08. The number of nitrogens with one attached hydrogen (secondary N) is 1. The van der Waals surface area contributed by atoms with Gasteiger partial charge in [0, 0.05) is 16.9 Å². The Balaban J connectivity index is 1.74. The van der Waals surface area contributed by atoms with Crippen LogP contribution >= 0.6 is 15.9 Å². The van der Waals surface area contributed by atoms with Crippen LogP contribution in [0, 0.1) is 5.41 Å². The van der Waals surface area contributed by atoms with Crippen LogP contribution in [0.15, 0.2) is 83.6 Å². The second-order valence-corrected chi connectivity index (χ2v) is 8.39. The zero-order chi connectivity index (χ0) is 21.8. The maximum atomic E-state index is 13.8. The molecule has 0 aliphatic carbocycles. The number of anilines is 1. The summed E-state index contributed by atoms with van der Waals surface area (Å²) in [6, 6.07) is 19.2. The summed E-state index contributed by atoms with van der Waals surface area (Å²) in [5, 5.41) is 2.42. The summed E-state index contributed by atoms with van der Waals surface area (Å²) in [4.78, 5) is 44.8. The molecule has 6 nitrogen and oxygen atoms in total. The van der Waals surface area contributed by atoms with E-state index in [1.807, 2.05) is 42.5 Å². The van der Waals surface area contributed by atoms with Gasteiger partial charge in [-0.15, -0.1) is 0 Å². The molecule has 31 heavy (non-hydrogen) atoms. The van der Waals surface area contributed by atoms with Gasteiger partial charge in [0.1, 0.15) is 5.41 Å². The molecule has 1 saturated heterocycles. The average Bonchev–Trinajstić information content (AvgIpc) is 2.78. The third-order valence-corrected chi connectivity index (χ3v) is 6.02. The molecule has 1 aliphatic heterocycles. The zero-order valence-electron chi connectivity index (χ0n) is 16.6. The van der Waals surface area contributed by atoms with Crippen molar-refractivity contribution in [3.63, 3.8) is 0 Å². The Labute approximate surface area is 188 Å². The summed E-state index contributed by atoms with van der Waals surface area (Å²) in [7, 11) is 0. The van der Waals surface area contributed by atoms with E-state index < -0.39 is 23.3 Å². The number of urea groups is 1. The van der Waals surface area contributed by atoms with Crippen molar-refractivity contribution in [1.29, 1.82) is 0 Å². The number of amides is 4. The first-order chi connectivity index (χ1) is 15.0. The van der Waals surface area contributed by atoms with Crippen LogP contribution in [0.4, 0.5) is 10.5 Å². The molecule has 1 fully saturated rings. The zero-order valence-corrected chi connectivity index (χ0v) is 18.2. The molecule has 0 spiro atoms. The van der Waals surface area contributed by atoms with E-state index in [0.29, 0.717) is 12.1 Å². The van der Waals surface area contributed by atoms with Gasteiger partial charge in [-0.25, -0.2) is 9.69 Å². The number of rotatable bonds is 6. The minimum Gasteiger partial charge on any atom is -0.276 e. The quantitative estimate of drug-likeness (QED) is 0.537. The molecular weight excluding hydrogens is 458 g/mol. The van der Waals surface area contributed by atoms with Gasteiger partial charge in [0.2, 0.25) is 5.91 Å². The SMILES string of the molecule is O=C1NC(=O)[C@@](CCc2ccncc2)(Cc2ccccc2)C(=O)N1c1ccc(Br)cc1. The minimum atomic E-state index is -1.41. The van der Waals surface area contributed by atoms with Crippen molar-refractivity contribution in [3.05, 3.63) is 94.7 Å². The number of nitrogens with zero attached hydrogens (tertiary/aromatic N) is 2. The Hall–Kier alpha value is -3.32. The first-order valence-corrected chi connectivity index (χ1v) is 10.7. The van der Waals surface area contributed by atoms with Gasteiger partial charge in [-0.3, -0.25) is 19.9 Å². The predicted octanol–water partition coefficient (Wildman–Crippen LogP) is 4.29. The molecular formula is C24H20BrN3O3. The molecule has 0 unspecified atom stereocenters. The van der Waals surface area contributed by atoms with Gasteiger partial charge in [0.05, 0.1) is 5.69 Å². The van der Waals surface area contributed by atoms with E-state index in [-0.39, 0.29) is 12.8 Å². The number of hydrogen-bond acceptors (Lipinski definition) is 4. The van der Waals surface area contributed by atoms with Crippen molar-refractivity contribution >= 4 is 39.5 Å². The number of imide groups is 2. The standard InChI is InChI=1S/C24H20BrN3O3/c25-19-6-8-20(9-7-19)28-22(30)24(21(29)27-23(28)31,16-18-4-2-1-3-5-18)13-10-17-11-14-26-15-12-17/h1-9,11-12,14-15H,10,13,16H2,(H,27,29,31)/t24-/m1/s1. The number of aromatic nitrogens is 1. The molecule has 1 atom stereocenters. The summed E-state index contributed by atoms with van der Waals surface area (Å²) in [5.41, 5.74) is 0.825.